The molecule has 2 fully saturated rings. The number of rotatable bonds is 1. The highest BCUT2D eigenvalue weighted by molar-refractivity contribution is 5.32. The lowest BCUT2D eigenvalue weighted by Gasteiger charge is -2.26. The second kappa shape index (κ2) is 5.26. The van der Waals surface area contributed by atoms with Crippen molar-refractivity contribution in [2.24, 2.45) is 5.41 Å². The third-order valence-corrected chi connectivity index (χ3v) is 4.87. The first-order valence-corrected chi connectivity index (χ1v) is 7.58. The normalized spacial score (nSPS) is 26.5. The van der Waals surface area contributed by atoms with Crippen molar-refractivity contribution in [1.29, 1.82) is 0 Å². The summed E-state index contributed by atoms with van der Waals surface area (Å²) in [7, 11) is 0. The lowest BCUT2D eigenvalue weighted by molar-refractivity contribution is 0.0155. The topological polar surface area (TPSA) is 21.3 Å². The smallest absolute Gasteiger partial charge is 0.0952 e. The van der Waals surface area contributed by atoms with Gasteiger partial charge in [-0.1, -0.05) is 36.6 Å². The largest absolute Gasteiger partial charge is 0.372 e. The molecule has 104 valence electrons. The number of aryl methyl sites for hydroxylation is 2. The van der Waals surface area contributed by atoms with Crippen molar-refractivity contribution in [3.05, 3.63) is 34.9 Å². The molecule has 2 aliphatic rings. The summed E-state index contributed by atoms with van der Waals surface area (Å²) >= 11 is 0. The minimum atomic E-state index is 0.222. The molecule has 3 rings (SSSR count). The zero-order valence-electron chi connectivity index (χ0n) is 12.2. The van der Waals surface area contributed by atoms with Gasteiger partial charge in [-0.3, -0.25) is 0 Å². The van der Waals surface area contributed by atoms with Gasteiger partial charge in [0.05, 0.1) is 12.7 Å². The van der Waals surface area contributed by atoms with Crippen LogP contribution in [0, 0.1) is 19.3 Å². The summed E-state index contributed by atoms with van der Waals surface area (Å²) < 4.78 is 6.30. The van der Waals surface area contributed by atoms with Crippen LogP contribution in [0.1, 0.15) is 48.5 Å². The Balaban J connectivity index is 1.77. The van der Waals surface area contributed by atoms with Crippen molar-refractivity contribution < 1.29 is 4.74 Å². The van der Waals surface area contributed by atoms with Crippen LogP contribution >= 0.6 is 0 Å². The minimum Gasteiger partial charge on any atom is -0.372 e. The van der Waals surface area contributed by atoms with Crippen molar-refractivity contribution in [2.45, 2.75) is 45.6 Å². The third-order valence-electron chi connectivity index (χ3n) is 4.87. The molecular formula is C17H25NO. The number of nitrogens with one attached hydrogen (secondary N) is 1. The molecule has 1 aromatic rings. The maximum Gasteiger partial charge on any atom is 0.0952 e. The monoisotopic (exact) mass is 259 g/mol. The Bertz CT molecular complexity index is 449. The van der Waals surface area contributed by atoms with Gasteiger partial charge in [0.25, 0.3) is 0 Å². The van der Waals surface area contributed by atoms with Crippen molar-refractivity contribution in [3.63, 3.8) is 0 Å². The fourth-order valence-corrected chi connectivity index (χ4v) is 3.61. The molecule has 0 amide bonds. The lowest BCUT2D eigenvalue weighted by atomic mass is 9.87. The van der Waals surface area contributed by atoms with E-state index < -0.39 is 0 Å². The predicted molar refractivity (Wildman–Crippen MR) is 78.4 cm³/mol. The summed E-state index contributed by atoms with van der Waals surface area (Å²) in [5.74, 6) is 0. The van der Waals surface area contributed by atoms with E-state index in [1.54, 1.807) is 0 Å². The molecule has 1 atom stereocenters. The van der Waals surface area contributed by atoms with E-state index >= 15 is 0 Å². The number of benzene rings is 1. The molecule has 1 unspecified atom stereocenters. The van der Waals surface area contributed by atoms with E-state index in [-0.39, 0.29) is 6.10 Å². The second-order valence-electron chi connectivity index (χ2n) is 6.50. The van der Waals surface area contributed by atoms with Crippen LogP contribution in [0.4, 0.5) is 0 Å². The van der Waals surface area contributed by atoms with Gasteiger partial charge in [-0.25, -0.2) is 0 Å². The van der Waals surface area contributed by atoms with E-state index in [9.17, 15) is 0 Å². The summed E-state index contributed by atoms with van der Waals surface area (Å²) in [6, 6.07) is 6.68. The molecule has 1 heterocycles. The molecule has 2 nitrogen and oxygen atoms in total. The number of hydrogen-bond donors (Lipinski definition) is 1. The maximum atomic E-state index is 6.30. The molecule has 0 radical (unpaired) electrons. The first kappa shape index (κ1) is 13.1. The molecule has 0 bridgehead atoms. The van der Waals surface area contributed by atoms with Gasteiger partial charge in [0.15, 0.2) is 0 Å². The standard InChI is InChI=1S/C17H25NO/c1-13-5-6-14(2)15(9-13)16-10-18-11-17(12-19-16)7-3-4-8-17/h5-6,9,16,18H,3-4,7-8,10-12H2,1-2H3. The van der Waals surface area contributed by atoms with Crippen LogP contribution < -0.4 is 5.32 Å². The van der Waals surface area contributed by atoms with Crippen LogP contribution in [0.15, 0.2) is 18.2 Å². The molecule has 1 spiro atoms. The number of ether oxygens (including phenoxy) is 1. The van der Waals surface area contributed by atoms with Crippen molar-refractivity contribution >= 4 is 0 Å². The minimum absolute atomic E-state index is 0.222. The SMILES string of the molecule is Cc1ccc(C)c(C2CNCC3(CCCC3)CO2)c1. The van der Waals surface area contributed by atoms with Gasteiger partial charge in [0.1, 0.15) is 0 Å². The first-order valence-electron chi connectivity index (χ1n) is 7.58. The molecule has 19 heavy (non-hydrogen) atoms. The molecule has 1 saturated carbocycles. The van der Waals surface area contributed by atoms with Gasteiger partial charge in [-0.2, -0.15) is 0 Å². The molecule has 1 saturated heterocycles. The predicted octanol–water partition coefficient (Wildman–Crippen LogP) is 3.52. The summed E-state index contributed by atoms with van der Waals surface area (Å²) in [5, 5.41) is 3.65. The Hall–Kier alpha value is -0.860. The molecular weight excluding hydrogens is 234 g/mol. The Morgan fingerprint density at radius 2 is 2.00 bits per heavy atom. The Labute approximate surface area is 116 Å². The van der Waals surface area contributed by atoms with Crippen molar-refractivity contribution in [1.82, 2.24) is 5.32 Å². The zero-order valence-corrected chi connectivity index (χ0v) is 12.2. The fourth-order valence-electron chi connectivity index (χ4n) is 3.61. The average molecular weight is 259 g/mol. The molecule has 1 aliphatic carbocycles. The summed E-state index contributed by atoms with van der Waals surface area (Å²) in [4.78, 5) is 0. The molecule has 1 aliphatic heterocycles. The second-order valence-corrected chi connectivity index (χ2v) is 6.50. The highest BCUT2D eigenvalue weighted by atomic mass is 16.5. The molecule has 1 aromatic carbocycles. The summed E-state index contributed by atoms with van der Waals surface area (Å²) in [5.41, 5.74) is 4.46. The highest BCUT2D eigenvalue weighted by Gasteiger charge is 2.36. The van der Waals surface area contributed by atoms with Crippen LogP contribution in [-0.2, 0) is 4.74 Å². The van der Waals surface area contributed by atoms with E-state index in [2.05, 4.69) is 37.4 Å². The maximum absolute atomic E-state index is 6.30. The van der Waals surface area contributed by atoms with Gasteiger partial charge in [-0.15, -0.1) is 0 Å². The first-order chi connectivity index (χ1) is 9.19. The average Bonchev–Trinajstić information content (AvgIpc) is 2.75. The zero-order chi connectivity index (χ0) is 13.3. The van der Waals surface area contributed by atoms with E-state index in [1.807, 2.05) is 0 Å². The van der Waals surface area contributed by atoms with Gasteiger partial charge in [-0.05, 0) is 37.8 Å². The van der Waals surface area contributed by atoms with Gasteiger partial charge in [0, 0.05) is 18.5 Å². The van der Waals surface area contributed by atoms with E-state index in [4.69, 9.17) is 4.74 Å². The van der Waals surface area contributed by atoms with Crippen LogP contribution in [-0.4, -0.2) is 19.7 Å². The Kier molecular flexibility index (Phi) is 3.64. The van der Waals surface area contributed by atoms with E-state index in [0.29, 0.717) is 5.41 Å². The molecule has 2 heteroatoms. The van der Waals surface area contributed by atoms with Crippen molar-refractivity contribution in [3.8, 4) is 0 Å². The van der Waals surface area contributed by atoms with Crippen LogP contribution in [0.3, 0.4) is 0 Å². The molecule has 0 aromatic heterocycles. The molecule has 1 N–H and O–H groups in total. The Morgan fingerprint density at radius 3 is 2.79 bits per heavy atom. The number of hydrogen-bond acceptors (Lipinski definition) is 2. The van der Waals surface area contributed by atoms with Crippen LogP contribution in [0.25, 0.3) is 0 Å². The summed E-state index contributed by atoms with van der Waals surface area (Å²) in [6.07, 6.45) is 5.64. The van der Waals surface area contributed by atoms with Gasteiger partial charge in [0.2, 0.25) is 0 Å². The van der Waals surface area contributed by atoms with Crippen LogP contribution in [0.5, 0.6) is 0 Å². The van der Waals surface area contributed by atoms with Crippen LogP contribution in [0.2, 0.25) is 0 Å². The fraction of sp³-hybridized carbons (Fsp3) is 0.647. The van der Waals surface area contributed by atoms with Crippen molar-refractivity contribution in [2.75, 3.05) is 19.7 Å². The summed E-state index contributed by atoms with van der Waals surface area (Å²) in [6.45, 7) is 7.36. The third kappa shape index (κ3) is 2.70. The van der Waals surface area contributed by atoms with Gasteiger partial charge < -0.3 is 10.1 Å². The quantitative estimate of drug-likeness (QED) is 0.833. The van der Waals surface area contributed by atoms with E-state index in [1.165, 1.54) is 42.4 Å². The highest BCUT2D eigenvalue weighted by Crippen LogP contribution is 2.40. The van der Waals surface area contributed by atoms with Gasteiger partial charge >= 0.3 is 0 Å². The lowest BCUT2D eigenvalue weighted by Crippen LogP contribution is -2.32. The van der Waals surface area contributed by atoms with E-state index in [0.717, 1.165) is 19.7 Å². The Morgan fingerprint density at radius 1 is 1.21 bits per heavy atom.